The van der Waals surface area contributed by atoms with Crippen LogP contribution in [0.4, 0.5) is 13.2 Å². The van der Waals surface area contributed by atoms with Gasteiger partial charge in [0.25, 0.3) is 0 Å². The third kappa shape index (κ3) is 3.93. The molecule has 1 heterocycles. The molecule has 3 rings (SSSR count). The molecule has 0 aliphatic heterocycles. The monoisotopic (exact) mass is 459 g/mol. The van der Waals surface area contributed by atoms with Gasteiger partial charge in [0.05, 0.1) is 22.6 Å². The quantitative estimate of drug-likeness (QED) is 0.611. The van der Waals surface area contributed by atoms with Crippen molar-refractivity contribution in [2.75, 3.05) is 0 Å². The average molecular weight is 460 g/mol. The van der Waals surface area contributed by atoms with Gasteiger partial charge in [-0.05, 0) is 55.9 Å². The number of alkyl halides is 3. The van der Waals surface area contributed by atoms with E-state index in [9.17, 15) is 26.4 Å². The van der Waals surface area contributed by atoms with E-state index in [2.05, 4.69) is 4.98 Å². The van der Waals surface area contributed by atoms with E-state index in [0.29, 0.717) is 11.4 Å². The van der Waals surface area contributed by atoms with Gasteiger partial charge in [-0.15, -0.1) is 11.3 Å². The molecule has 30 heavy (non-hydrogen) atoms. The minimum Gasteiger partial charge on any atom is -0.297 e. The number of Topliss-reactive ketones (excluding diaryl/α,β-unsaturated/α-hetero) is 1. The molecule has 0 N–H and O–H groups in total. The molecule has 2 aromatic rings. The molecular weight excluding hydrogens is 435 g/mol. The number of carbonyl (C=O) groups excluding carboxylic acids is 1. The number of halogens is 3. The average Bonchev–Trinajstić information content (AvgIpc) is 2.93. The molecule has 0 spiro atoms. The van der Waals surface area contributed by atoms with E-state index in [-0.39, 0.29) is 29.6 Å². The molecule has 0 atom stereocenters. The van der Waals surface area contributed by atoms with Gasteiger partial charge in [-0.1, -0.05) is 20.8 Å². The summed E-state index contributed by atoms with van der Waals surface area (Å²) in [4.78, 5) is 18.4. The summed E-state index contributed by atoms with van der Waals surface area (Å²) in [5.74, 6) is -0.442. The van der Waals surface area contributed by atoms with Crippen LogP contribution in [0.3, 0.4) is 0 Å². The third-order valence-electron chi connectivity index (χ3n) is 5.51. The van der Waals surface area contributed by atoms with Crippen molar-refractivity contribution in [1.82, 2.24) is 4.98 Å². The summed E-state index contributed by atoms with van der Waals surface area (Å²) in [6.45, 7) is 7.99. The molecule has 9 heteroatoms. The highest BCUT2D eigenvalue weighted by molar-refractivity contribution is 7.93. The maximum atomic E-state index is 13.2. The number of rotatable bonds is 5. The van der Waals surface area contributed by atoms with Crippen molar-refractivity contribution in [3.05, 3.63) is 45.4 Å². The first-order valence-electron chi connectivity index (χ1n) is 9.60. The highest BCUT2D eigenvalue weighted by Gasteiger charge is 2.55. The van der Waals surface area contributed by atoms with Crippen LogP contribution in [0.2, 0.25) is 0 Å². The Kier molecular flexibility index (Phi) is 5.69. The molecule has 0 radical (unpaired) electrons. The van der Waals surface area contributed by atoms with Crippen molar-refractivity contribution in [2.24, 2.45) is 0 Å². The summed E-state index contributed by atoms with van der Waals surface area (Å²) in [7, 11) is -4.12. The Morgan fingerprint density at radius 2 is 1.70 bits per heavy atom. The van der Waals surface area contributed by atoms with Crippen LogP contribution < -0.4 is 0 Å². The number of hydrogen-bond acceptors (Lipinski definition) is 5. The molecule has 0 saturated heterocycles. The molecule has 4 nitrogen and oxygen atoms in total. The zero-order valence-electron chi connectivity index (χ0n) is 17.3. The summed E-state index contributed by atoms with van der Waals surface area (Å²) in [5, 5.41) is 0.566. The minimum absolute atomic E-state index is 0.0958. The molecule has 164 valence electrons. The summed E-state index contributed by atoms with van der Waals surface area (Å²) in [6, 6.07) is 3.36. The Balaban J connectivity index is 1.90. The number of sulfone groups is 1. The summed E-state index contributed by atoms with van der Waals surface area (Å²) < 4.78 is 63.3. The zero-order valence-corrected chi connectivity index (χ0v) is 18.9. The van der Waals surface area contributed by atoms with Crippen LogP contribution in [0.25, 0.3) is 0 Å². The van der Waals surface area contributed by atoms with Gasteiger partial charge >= 0.3 is 6.18 Å². The number of nitrogens with zero attached hydrogens (tertiary/aromatic N) is 1. The van der Waals surface area contributed by atoms with Crippen molar-refractivity contribution in [3.63, 3.8) is 0 Å². The largest absolute Gasteiger partial charge is 0.416 e. The molecule has 1 aromatic carbocycles. The molecule has 0 unspecified atom stereocenters. The Morgan fingerprint density at radius 3 is 2.10 bits per heavy atom. The van der Waals surface area contributed by atoms with Gasteiger partial charge in [0.1, 0.15) is 9.75 Å². The Labute approximate surface area is 178 Å². The van der Waals surface area contributed by atoms with Gasteiger partial charge in [-0.2, -0.15) is 13.2 Å². The molecular formula is C21H24F3NO3S2. The topological polar surface area (TPSA) is 64.1 Å². The first-order valence-corrected chi connectivity index (χ1v) is 11.9. The Morgan fingerprint density at radius 1 is 1.13 bits per heavy atom. The van der Waals surface area contributed by atoms with Crippen molar-refractivity contribution in [1.29, 1.82) is 0 Å². The first kappa shape index (κ1) is 22.9. The number of carbonyl (C=O) groups is 1. The van der Waals surface area contributed by atoms with E-state index < -0.39 is 32.1 Å². The summed E-state index contributed by atoms with van der Waals surface area (Å²) in [6.07, 6.45) is -3.73. The maximum absolute atomic E-state index is 13.2. The highest BCUT2D eigenvalue weighted by Crippen LogP contribution is 2.45. The summed E-state index contributed by atoms with van der Waals surface area (Å²) >= 11 is 1.40. The minimum atomic E-state index is -4.56. The SMILES string of the molecule is Cc1nc(CC(=O)C2(S(=O)(=O)c3ccc(C(F)(F)F)cc3)CCC2)sc1C(C)(C)C. The lowest BCUT2D eigenvalue weighted by atomic mass is 9.80. The fraction of sp³-hybridized carbons (Fsp3) is 0.524. The van der Waals surface area contributed by atoms with E-state index in [1.165, 1.54) is 11.3 Å². The molecule has 0 amide bonds. The molecule has 1 aliphatic rings. The molecule has 1 aliphatic carbocycles. The smallest absolute Gasteiger partial charge is 0.297 e. The van der Waals surface area contributed by atoms with Crippen molar-refractivity contribution >= 4 is 27.0 Å². The fourth-order valence-electron chi connectivity index (χ4n) is 3.77. The predicted molar refractivity (Wildman–Crippen MR) is 109 cm³/mol. The van der Waals surface area contributed by atoms with Crippen molar-refractivity contribution in [3.8, 4) is 0 Å². The third-order valence-corrected chi connectivity index (χ3v) is 9.65. The lowest BCUT2D eigenvalue weighted by molar-refractivity contribution is -0.137. The van der Waals surface area contributed by atoms with Crippen LogP contribution in [0, 0.1) is 6.92 Å². The van der Waals surface area contributed by atoms with Crippen LogP contribution in [-0.2, 0) is 32.6 Å². The van der Waals surface area contributed by atoms with Crippen LogP contribution >= 0.6 is 11.3 Å². The van der Waals surface area contributed by atoms with Crippen molar-refractivity contribution in [2.45, 2.75) is 74.6 Å². The van der Waals surface area contributed by atoms with Crippen LogP contribution in [0.5, 0.6) is 0 Å². The lowest BCUT2D eigenvalue weighted by Gasteiger charge is -2.39. The normalized spacial score (nSPS) is 16.9. The maximum Gasteiger partial charge on any atom is 0.416 e. The van der Waals surface area contributed by atoms with E-state index in [0.717, 1.165) is 34.8 Å². The van der Waals surface area contributed by atoms with Gasteiger partial charge in [0, 0.05) is 4.88 Å². The van der Waals surface area contributed by atoms with E-state index >= 15 is 0 Å². The number of aryl methyl sites for hydroxylation is 1. The van der Waals surface area contributed by atoms with Gasteiger partial charge in [0.15, 0.2) is 15.6 Å². The van der Waals surface area contributed by atoms with Crippen LogP contribution in [0.15, 0.2) is 29.2 Å². The number of benzene rings is 1. The second-order valence-corrected chi connectivity index (χ2v) is 12.1. The number of thiazole rings is 1. The molecule has 1 fully saturated rings. The molecule has 1 saturated carbocycles. The van der Waals surface area contributed by atoms with Crippen molar-refractivity contribution < 1.29 is 26.4 Å². The van der Waals surface area contributed by atoms with Gasteiger partial charge in [-0.25, -0.2) is 13.4 Å². The van der Waals surface area contributed by atoms with E-state index in [1.807, 2.05) is 27.7 Å². The standard InChI is InChI=1S/C21H24F3NO3S2/c1-13-18(19(2,3)4)29-17(25-13)12-16(26)20(10-5-11-20)30(27,28)15-8-6-14(7-9-15)21(22,23)24/h6-9H,5,10-12H2,1-4H3. The van der Waals surface area contributed by atoms with Gasteiger partial charge < -0.3 is 0 Å². The fourth-order valence-corrected chi connectivity index (χ4v) is 7.03. The predicted octanol–water partition coefficient (Wildman–Crippen LogP) is 5.28. The second kappa shape index (κ2) is 7.44. The van der Waals surface area contributed by atoms with E-state index in [1.54, 1.807) is 0 Å². The van der Waals surface area contributed by atoms with Gasteiger partial charge in [-0.3, -0.25) is 4.79 Å². The van der Waals surface area contributed by atoms with E-state index in [4.69, 9.17) is 0 Å². The van der Waals surface area contributed by atoms with Crippen LogP contribution in [0.1, 0.15) is 61.2 Å². The Hall–Kier alpha value is -1.74. The second-order valence-electron chi connectivity index (χ2n) is 8.75. The summed E-state index contributed by atoms with van der Waals surface area (Å²) in [5.41, 5.74) is -0.240. The number of aromatic nitrogens is 1. The van der Waals surface area contributed by atoms with Crippen LogP contribution in [-0.4, -0.2) is 23.9 Å². The zero-order chi connectivity index (χ0) is 22.5. The van der Waals surface area contributed by atoms with Gasteiger partial charge in [0.2, 0.25) is 0 Å². The number of ketones is 1. The number of hydrogen-bond donors (Lipinski definition) is 0. The highest BCUT2D eigenvalue weighted by atomic mass is 32.2. The first-order chi connectivity index (χ1) is 13.7. The molecule has 0 bridgehead atoms. The lowest BCUT2D eigenvalue weighted by Crippen LogP contribution is -2.52. The molecule has 1 aromatic heterocycles. The Bertz CT molecular complexity index is 1060.